The van der Waals surface area contributed by atoms with Crippen molar-refractivity contribution in [3.05, 3.63) is 0 Å². The lowest BCUT2D eigenvalue weighted by Crippen LogP contribution is -2.46. The van der Waals surface area contributed by atoms with Crippen molar-refractivity contribution >= 4 is 23.0 Å². The van der Waals surface area contributed by atoms with Crippen LogP contribution in [0.4, 0.5) is 13.6 Å². The SMILES string of the molecule is CSC(=O)OC(C(C)C)C(F)(F)C(=O)O. The Morgan fingerprint density at radius 3 is 2.13 bits per heavy atom. The number of thioether (sulfide) groups is 1. The van der Waals surface area contributed by atoms with Gasteiger partial charge in [0.05, 0.1) is 0 Å². The zero-order valence-electron chi connectivity index (χ0n) is 8.49. The monoisotopic (exact) mass is 242 g/mol. The van der Waals surface area contributed by atoms with Crippen molar-refractivity contribution in [1.29, 1.82) is 0 Å². The molecule has 0 saturated carbocycles. The van der Waals surface area contributed by atoms with Crippen molar-refractivity contribution in [3.63, 3.8) is 0 Å². The van der Waals surface area contributed by atoms with Crippen molar-refractivity contribution in [2.24, 2.45) is 5.92 Å². The molecule has 0 rings (SSSR count). The van der Waals surface area contributed by atoms with Gasteiger partial charge >= 0.3 is 17.2 Å². The maximum atomic E-state index is 13.1. The molecule has 0 aromatic heterocycles. The molecule has 0 aliphatic carbocycles. The van der Waals surface area contributed by atoms with Gasteiger partial charge in [0.15, 0.2) is 6.10 Å². The topological polar surface area (TPSA) is 63.6 Å². The average molecular weight is 242 g/mol. The predicted molar refractivity (Wildman–Crippen MR) is 51.2 cm³/mol. The van der Waals surface area contributed by atoms with Crippen LogP contribution < -0.4 is 0 Å². The van der Waals surface area contributed by atoms with E-state index in [9.17, 15) is 18.4 Å². The Hall–Kier alpha value is -0.850. The van der Waals surface area contributed by atoms with E-state index in [4.69, 9.17) is 5.11 Å². The summed E-state index contributed by atoms with van der Waals surface area (Å²) in [6.45, 7) is 2.71. The molecule has 1 N–H and O–H groups in total. The second-order valence-corrected chi connectivity index (χ2v) is 3.91. The number of hydrogen-bond donors (Lipinski definition) is 1. The van der Waals surface area contributed by atoms with Crippen LogP contribution in [0.1, 0.15) is 13.8 Å². The van der Waals surface area contributed by atoms with Crippen LogP contribution in [0.3, 0.4) is 0 Å². The highest BCUT2D eigenvalue weighted by Gasteiger charge is 2.51. The molecule has 1 unspecified atom stereocenters. The molecule has 7 heteroatoms. The fourth-order valence-electron chi connectivity index (χ4n) is 0.902. The highest BCUT2D eigenvalue weighted by Crippen LogP contribution is 2.28. The Kier molecular flexibility index (Phi) is 4.99. The number of aliphatic carboxylic acids is 1. The minimum atomic E-state index is -4.07. The van der Waals surface area contributed by atoms with Gasteiger partial charge in [-0.1, -0.05) is 13.8 Å². The number of rotatable bonds is 4. The highest BCUT2D eigenvalue weighted by atomic mass is 32.2. The van der Waals surface area contributed by atoms with Crippen LogP contribution in [0.2, 0.25) is 0 Å². The smallest absolute Gasteiger partial charge is 0.378 e. The normalized spacial score (nSPS) is 13.7. The lowest BCUT2D eigenvalue weighted by Gasteiger charge is -2.25. The second kappa shape index (κ2) is 5.29. The van der Waals surface area contributed by atoms with Crippen molar-refractivity contribution in [2.45, 2.75) is 25.9 Å². The van der Waals surface area contributed by atoms with Crippen molar-refractivity contribution in [3.8, 4) is 0 Å². The number of alkyl halides is 2. The molecule has 0 heterocycles. The van der Waals surface area contributed by atoms with Crippen LogP contribution in [0.25, 0.3) is 0 Å². The largest absolute Gasteiger partial charge is 0.477 e. The number of hydrogen-bond acceptors (Lipinski definition) is 4. The molecule has 0 fully saturated rings. The summed E-state index contributed by atoms with van der Waals surface area (Å²) in [4.78, 5) is 21.1. The molecular formula is C8H12F2O4S. The molecule has 0 aromatic carbocycles. The summed E-state index contributed by atoms with van der Waals surface area (Å²) in [6.07, 6.45) is -0.589. The summed E-state index contributed by atoms with van der Waals surface area (Å²) in [5.41, 5.74) is 0. The Bertz CT molecular complexity index is 255. The molecule has 0 saturated heterocycles. The molecule has 0 amide bonds. The van der Waals surface area contributed by atoms with E-state index in [1.54, 1.807) is 0 Å². The van der Waals surface area contributed by atoms with Crippen molar-refractivity contribution < 1.29 is 28.2 Å². The lowest BCUT2D eigenvalue weighted by molar-refractivity contribution is -0.185. The van der Waals surface area contributed by atoms with E-state index >= 15 is 0 Å². The van der Waals surface area contributed by atoms with Gasteiger partial charge in [0.1, 0.15) is 0 Å². The quantitative estimate of drug-likeness (QED) is 0.766. The van der Waals surface area contributed by atoms with Gasteiger partial charge in [0.25, 0.3) is 0 Å². The van der Waals surface area contributed by atoms with Gasteiger partial charge in [-0.05, 0) is 23.9 Å². The molecule has 15 heavy (non-hydrogen) atoms. The first-order valence-electron chi connectivity index (χ1n) is 4.09. The molecular weight excluding hydrogens is 230 g/mol. The van der Waals surface area contributed by atoms with E-state index in [1.165, 1.54) is 20.1 Å². The Morgan fingerprint density at radius 2 is 1.87 bits per heavy atom. The van der Waals surface area contributed by atoms with Crippen LogP contribution in [-0.4, -0.2) is 34.7 Å². The number of halogens is 2. The third kappa shape index (κ3) is 3.65. The number of carboxylic acids is 1. The molecule has 88 valence electrons. The summed E-state index contributed by atoms with van der Waals surface area (Å²) in [5.74, 6) is -7.15. The predicted octanol–water partition coefficient (Wildman–Crippen LogP) is 2.23. The summed E-state index contributed by atoms with van der Waals surface area (Å²) in [6, 6.07) is 0. The summed E-state index contributed by atoms with van der Waals surface area (Å²) < 4.78 is 30.5. The molecule has 0 aromatic rings. The van der Waals surface area contributed by atoms with Gasteiger partial charge in [-0.25, -0.2) is 9.59 Å². The molecule has 0 radical (unpaired) electrons. The minimum absolute atomic E-state index is 0.611. The Labute approximate surface area is 90.0 Å². The highest BCUT2D eigenvalue weighted by molar-refractivity contribution is 8.12. The summed E-state index contributed by atoms with van der Waals surface area (Å²) >= 11 is 0.611. The van der Waals surface area contributed by atoms with Gasteiger partial charge < -0.3 is 9.84 Å². The van der Waals surface area contributed by atoms with Crippen LogP contribution in [-0.2, 0) is 9.53 Å². The first-order chi connectivity index (χ1) is 6.73. The van der Waals surface area contributed by atoms with Crippen LogP contribution in [0, 0.1) is 5.92 Å². The first-order valence-corrected chi connectivity index (χ1v) is 5.31. The third-order valence-electron chi connectivity index (χ3n) is 1.64. The van der Waals surface area contributed by atoms with Crippen LogP contribution >= 0.6 is 11.8 Å². The van der Waals surface area contributed by atoms with E-state index < -0.39 is 29.2 Å². The van der Waals surface area contributed by atoms with Gasteiger partial charge in [-0.3, -0.25) is 0 Å². The van der Waals surface area contributed by atoms with E-state index in [0.717, 1.165) is 0 Å². The van der Waals surface area contributed by atoms with Crippen LogP contribution in [0.15, 0.2) is 0 Å². The zero-order valence-corrected chi connectivity index (χ0v) is 9.31. The third-order valence-corrected chi connectivity index (χ3v) is 2.07. The molecule has 4 nitrogen and oxygen atoms in total. The fraction of sp³-hybridized carbons (Fsp3) is 0.750. The van der Waals surface area contributed by atoms with E-state index in [2.05, 4.69) is 4.74 Å². The van der Waals surface area contributed by atoms with Gasteiger partial charge in [0.2, 0.25) is 0 Å². The average Bonchev–Trinajstić information content (AvgIpc) is 2.12. The maximum Gasteiger partial charge on any atom is 0.378 e. The van der Waals surface area contributed by atoms with E-state index in [1.807, 2.05) is 0 Å². The molecule has 0 bridgehead atoms. The van der Waals surface area contributed by atoms with E-state index in [0.29, 0.717) is 11.8 Å². The van der Waals surface area contributed by atoms with Crippen LogP contribution in [0.5, 0.6) is 0 Å². The molecule has 1 atom stereocenters. The zero-order chi connectivity index (χ0) is 12.2. The maximum absolute atomic E-state index is 13.1. The standard InChI is InChI=1S/C8H12F2O4S/c1-4(2)5(14-7(13)15-3)8(9,10)6(11)12/h4-5H,1-3H3,(H,11,12). The lowest BCUT2D eigenvalue weighted by atomic mass is 10.0. The Morgan fingerprint density at radius 1 is 1.40 bits per heavy atom. The molecule has 0 aliphatic rings. The van der Waals surface area contributed by atoms with Crippen molar-refractivity contribution in [1.82, 2.24) is 0 Å². The van der Waals surface area contributed by atoms with Gasteiger partial charge in [-0.15, -0.1) is 0 Å². The first kappa shape index (κ1) is 14.2. The number of carbonyl (C=O) groups is 2. The second-order valence-electron chi connectivity index (χ2n) is 3.16. The number of ether oxygens (including phenoxy) is 1. The summed E-state index contributed by atoms with van der Waals surface area (Å²) in [5, 5.41) is 7.38. The summed E-state index contributed by atoms with van der Waals surface area (Å²) in [7, 11) is 0. The fourth-order valence-corrected chi connectivity index (χ4v) is 1.10. The van der Waals surface area contributed by atoms with E-state index in [-0.39, 0.29) is 0 Å². The number of carboxylic acid groups (broad SMARTS) is 1. The van der Waals surface area contributed by atoms with Gasteiger partial charge in [0, 0.05) is 0 Å². The van der Waals surface area contributed by atoms with Crippen molar-refractivity contribution in [2.75, 3.05) is 6.26 Å². The minimum Gasteiger partial charge on any atom is -0.477 e. The molecule has 0 aliphatic heterocycles. The Balaban J connectivity index is 4.81. The molecule has 0 spiro atoms. The number of carbonyl (C=O) groups excluding carboxylic acids is 1. The van der Waals surface area contributed by atoms with Gasteiger partial charge in [-0.2, -0.15) is 8.78 Å².